The summed E-state index contributed by atoms with van der Waals surface area (Å²) in [6.45, 7) is 3.74. The van der Waals surface area contributed by atoms with Crippen molar-refractivity contribution in [1.29, 1.82) is 0 Å². The summed E-state index contributed by atoms with van der Waals surface area (Å²) in [4.78, 5) is 22.2. The highest BCUT2D eigenvalue weighted by molar-refractivity contribution is 5.82. The predicted molar refractivity (Wildman–Crippen MR) is 98.4 cm³/mol. The molecular weight excluding hydrogens is 312 g/mol. The molecule has 2 aliphatic heterocycles. The Morgan fingerprint density at radius 3 is 2.60 bits per heavy atom. The van der Waals surface area contributed by atoms with Gasteiger partial charge in [0.25, 0.3) is 0 Å². The van der Waals surface area contributed by atoms with Crippen LogP contribution in [0.25, 0.3) is 11.0 Å². The maximum Gasteiger partial charge on any atom is 0.227 e. The highest BCUT2D eigenvalue weighted by Crippen LogP contribution is 2.38. The molecule has 5 heteroatoms. The van der Waals surface area contributed by atoms with E-state index >= 15 is 0 Å². The Hall–Kier alpha value is -2.04. The number of anilines is 1. The van der Waals surface area contributed by atoms with Crippen LogP contribution in [0.3, 0.4) is 0 Å². The summed E-state index contributed by atoms with van der Waals surface area (Å²) in [5.74, 6) is 3.08. The van der Waals surface area contributed by atoms with E-state index in [2.05, 4.69) is 33.5 Å². The van der Waals surface area contributed by atoms with Gasteiger partial charge in [-0.15, -0.1) is 0 Å². The highest BCUT2D eigenvalue weighted by atomic mass is 16.2. The molecule has 1 amide bonds. The average molecular weight is 338 g/mol. The largest absolute Gasteiger partial charge is 0.342 e. The van der Waals surface area contributed by atoms with E-state index in [0.717, 1.165) is 61.4 Å². The van der Waals surface area contributed by atoms with Crippen molar-refractivity contribution < 1.29 is 4.79 Å². The molecule has 5 rings (SSSR count). The van der Waals surface area contributed by atoms with Gasteiger partial charge in [0, 0.05) is 33.2 Å². The van der Waals surface area contributed by atoms with Gasteiger partial charge in [0.2, 0.25) is 11.9 Å². The van der Waals surface area contributed by atoms with Crippen LogP contribution in [0.2, 0.25) is 0 Å². The lowest BCUT2D eigenvalue weighted by Gasteiger charge is -2.22. The maximum absolute atomic E-state index is 13.0. The number of amides is 1. The van der Waals surface area contributed by atoms with E-state index < -0.39 is 0 Å². The Kier molecular flexibility index (Phi) is 3.50. The minimum atomic E-state index is 0.138. The van der Waals surface area contributed by atoms with Gasteiger partial charge in [-0.05, 0) is 43.2 Å². The van der Waals surface area contributed by atoms with Crippen LogP contribution in [-0.2, 0) is 11.8 Å². The fourth-order valence-electron chi connectivity index (χ4n) is 5.23. The average Bonchev–Trinajstić information content (AvgIpc) is 3.37. The molecule has 0 radical (unpaired) electrons. The zero-order valence-corrected chi connectivity index (χ0v) is 14.9. The van der Waals surface area contributed by atoms with Crippen LogP contribution in [0.1, 0.15) is 25.7 Å². The molecule has 2 aromatic rings. The molecule has 2 saturated heterocycles. The highest BCUT2D eigenvalue weighted by Gasteiger charge is 2.41. The van der Waals surface area contributed by atoms with Gasteiger partial charge in [-0.25, -0.2) is 4.98 Å². The fourth-order valence-corrected chi connectivity index (χ4v) is 5.23. The van der Waals surface area contributed by atoms with E-state index in [-0.39, 0.29) is 5.92 Å². The fraction of sp³-hybridized carbons (Fsp3) is 0.600. The monoisotopic (exact) mass is 338 g/mol. The lowest BCUT2D eigenvalue weighted by molar-refractivity contribution is -0.134. The number of hydrogen-bond acceptors (Lipinski definition) is 3. The van der Waals surface area contributed by atoms with Gasteiger partial charge in [0.05, 0.1) is 17.0 Å². The molecule has 3 unspecified atom stereocenters. The molecule has 25 heavy (non-hydrogen) atoms. The third-order valence-corrected chi connectivity index (χ3v) is 6.62. The normalized spacial score (nSPS) is 28.9. The number of aromatic nitrogens is 2. The second-order valence-corrected chi connectivity index (χ2v) is 8.09. The number of carbonyl (C=O) groups excluding carboxylic acids is 1. The first kappa shape index (κ1) is 15.2. The van der Waals surface area contributed by atoms with Crippen LogP contribution in [0.15, 0.2) is 24.3 Å². The van der Waals surface area contributed by atoms with Crippen LogP contribution in [0, 0.1) is 17.8 Å². The van der Waals surface area contributed by atoms with E-state index in [1.165, 1.54) is 19.3 Å². The van der Waals surface area contributed by atoms with Gasteiger partial charge < -0.3 is 14.4 Å². The van der Waals surface area contributed by atoms with Crippen LogP contribution in [0.4, 0.5) is 5.95 Å². The third-order valence-electron chi connectivity index (χ3n) is 6.62. The molecule has 0 spiro atoms. The first-order valence-electron chi connectivity index (χ1n) is 9.66. The van der Waals surface area contributed by atoms with Gasteiger partial charge in [-0.3, -0.25) is 4.79 Å². The van der Waals surface area contributed by atoms with Gasteiger partial charge in [0.15, 0.2) is 0 Å². The number of hydrogen-bond donors (Lipinski definition) is 0. The van der Waals surface area contributed by atoms with E-state index in [9.17, 15) is 4.79 Å². The molecule has 3 fully saturated rings. The summed E-state index contributed by atoms with van der Waals surface area (Å²) in [7, 11) is 2.07. The number of para-hydroxylation sites is 2. The van der Waals surface area contributed by atoms with Crippen molar-refractivity contribution in [2.45, 2.75) is 25.7 Å². The van der Waals surface area contributed by atoms with Crippen LogP contribution >= 0.6 is 0 Å². The number of imidazole rings is 1. The third kappa shape index (κ3) is 2.43. The number of benzene rings is 1. The van der Waals surface area contributed by atoms with E-state index in [0.29, 0.717) is 5.91 Å². The lowest BCUT2D eigenvalue weighted by Crippen LogP contribution is -2.36. The summed E-state index contributed by atoms with van der Waals surface area (Å²) < 4.78 is 2.16. The molecular formula is C20H26N4O. The number of rotatable bonds is 2. The Morgan fingerprint density at radius 2 is 1.84 bits per heavy atom. The predicted octanol–water partition coefficient (Wildman–Crippen LogP) is 2.66. The number of fused-ring (bicyclic) bond motifs is 2. The number of nitrogens with zero attached hydrogens (tertiary/aromatic N) is 4. The Balaban J connectivity index is 1.31. The van der Waals surface area contributed by atoms with Gasteiger partial charge in [-0.2, -0.15) is 0 Å². The molecule has 0 bridgehead atoms. The Bertz CT molecular complexity index is 801. The maximum atomic E-state index is 13.0. The Labute approximate surface area is 148 Å². The van der Waals surface area contributed by atoms with E-state index in [1.54, 1.807) is 0 Å². The summed E-state index contributed by atoms with van der Waals surface area (Å²) >= 11 is 0. The molecule has 5 nitrogen and oxygen atoms in total. The minimum Gasteiger partial charge on any atom is -0.342 e. The first-order chi connectivity index (χ1) is 12.2. The molecule has 3 atom stereocenters. The first-order valence-corrected chi connectivity index (χ1v) is 9.66. The zero-order valence-electron chi connectivity index (χ0n) is 14.9. The molecule has 3 aliphatic rings. The van der Waals surface area contributed by atoms with E-state index in [1.807, 2.05) is 12.1 Å². The number of likely N-dealkylation sites (tertiary alicyclic amines) is 1. The molecule has 1 aromatic carbocycles. The van der Waals surface area contributed by atoms with Crippen LogP contribution < -0.4 is 4.90 Å². The van der Waals surface area contributed by atoms with Gasteiger partial charge >= 0.3 is 0 Å². The second kappa shape index (κ2) is 5.75. The Morgan fingerprint density at radius 1 is 1.08 bits per heavy atom. The van der Waals surface area contributed by atoms with Crippen molar-refractivity contribution in [3.8, 4) is 0 Å². The van der Waals surface area contributed by atoms with Crippen molar-refractivity contribution >= 4 is 22.9 Å². The molecule has 1 saturated carbocycles. The summed E-state index contributed by atoms with van der Waals surface area (Å²) in [6, 6.07) is 8.24. The zero-order chi connectivity index (χ0) is 17.0. The van der Waals surface area contributed by atoms with Crippen LogP contribution in [0.5, 0.6) is 0 Å². The number of aryl methyl sites for hydroxylation is 1. The van der Waals surface area contributed by atoms with Crippen molar-refractivity contribution in [2.75, 3.05) is 31.1 Å². The van der Waals surface area contributed by atoms with Crippen LogP contribution in [-0.4, -0.2) is 46.5 Å². The molecule has 1 aliphatic carbocycles. The van der Waals surface area contributed by atoms with E-state index in [4.69, 9.17) is 4.98 Å². The smallest absolute Gasteiger partial charge is 0.227 e. The van der Waals surface area contributed by atoms with Crippen molar-refractivity contribution in [3.05, 3.63) is 24.3 Å². The van der Waals surface area contributed by atoms with Crippen molar-refractivity contribution in [1.82, 2.24) is 14.5 Å². The van der Waals surface area contributed by atoms with Crippen molar-refractivity contribution in [2.24, 2.45) is 24.8 Å². The summed E-state index contributed by atoms with van der Waals surface area (Å²) in [5.41, 5.74) is 2.18. The minimum absolute atomic E-state index is 0.138. The number of carbonyl (C=O) groups is 1. The van der Waals surface area contributed by atoms with Gasteiger partial charge in [0.1, 0.15) is 0 Å². The molecule has 132 valence electrons. The lowest BCUT2D eigenvalue weighted by atomic mass is 10.0. The second-order valence-electron chi connectivity index (χ2n) is 8.09. The van der Waals surface area contributed by atoms with Gasteiger partial charge in [-0.1, -0.05) is 18.6 Å². The summed E-state index contributed by atoms with van der Waals surface area (Å²) in [5, 5.41) is 0. The quantitative estimate of drug-likeness (QED) is 0.845. The SMILES string of the molecule is Cn1c(N2CCC(C(=O)N3CC4CCCC4C3)C2)nc2ccccc21. The molecule has 1 aromatic heterocycles. The molecule has 0 N–H and O–H groups in total. The topological polar surface area (TPSA) is 41.4 Å². The standard InChI is InChI=1S/C20H26N4O/c1-22-18-8-3-2-7-17(18)21-20(22)23-10-9-16(13-23)19(25)24-11-14-5-4-6-15(14)12-24/h2-3,7-8,14-16H,4-6,9-13H2,1H3. The summed E-state index contributed by atoms with van der Waals surface area (Å²) in [6.07, 6.45) is 4.96. The van der Waals surface area contributed by atoms with Crippen molar-refractivity contribution in [3.63, 3.8) is 0 Å². The molecule has 3 heterocycles.